The molecule has 0 aliphatic rings. The quantitative estimate of drug-likeness (QED) is 0.588. The molecule has 0 aliphatic carbocycles. The molecular weight excluding hydrogens is 362 g/mol. The van der Waals surface area contributed by atoms with Crippen molar-refractivity contribution in [3.8, 4) is 0 Å². The molecule has 4 rings (SSSR count). The zero-order valence-electron chi connectivity index (χ0n) is 12.6. The molecule has 3 aromatic heterocycles. The number of halogens is 1. The Hall–Kier alpha value is -2.97. The molecule has 0 aliphatic heterocycles. The number of hydrogen-bond acceptors (Lipinski definition) is 7. The summed E-state index contributed by atoms with van der Waals surface area (Å²) >= 11 is 7.09. The molecule has 0 fully saturated rings. The Labute approximate surface area is 150 Å². The highest BCUT2D eigenvalue weighted by molar-refractivity contribution is 7.20. The van der Waals surface area contributed by atoms with E-state index in [9.17, 15) is 4.79 Å². The Morgan fingerprint density at radius 1 is 1.16 bits per heavy atom. The molecule has 1 aromatic carbocycles. The van der Waals surface area contributed by atoms with Crippen LogP contribution in [0.4, 0.5) is 10.8 Å². The summed E-state index contributed by atoms with van der Waals surface area (Å²) in [6, 6.07) is 10.7. The maximum absolute atomic E-state index is 12.5. The summed E-state index contributed by atoms with van der Waals surface area (Å²) in [5.74, 6) is 0.620. The molecule has 1 N–H and O–H groups in total. The van der Waals surface area contributed by atoms with Gasteiger partial charge in [-0.3, -0.25) is 4.79 Å². The summed E-state index contributed by atoms with van der Waals surface area (Å²) in [6.07, 6.45) is 4.75. The monoisotopic (exact) mass is 371 g/mol. The number of fused-ring (bicyclic) bond motifs is 1. The minimum absolute atomic E-state index is 0.178. The fourth-order valence-corrected chi connectivity index (χ4v) is 2.97. The SMILES string of the molecule is O=c1c(/C=C/c2ccco2)nnc2sc(Nc3ccc(Cl)cc3)nn12. The molecular formula is C16H10ClN5O2S. The van der Waals surface area contributed by atoms with E-state index in [1.165, 1.54) is 15.9 Å². The third-order valence-electron chi connectivity index (χ3n) is 3.26. The van der Waals surface area contributed by atoms with Gasteiger partial charge in [0.15, 0.2) is 5.69 Å². The van der Waals surface area contributed by atoms with Crippen LogP contribution in [-0.2, 0) is 0 Å². The summed E-state index contributed by atoms with van der Waals surface area (Å²) in [6.45, 7) is 0. The van der Waals surface area contributed by atoms with Crippen LogP contribution in [-0.4, -0.2) is 19.8 Å². The molecule has 0 saturated carbocycles. The van der Waals surface area contributed by atoms with Crippen LogP contribution in [0.3, 0.4) is 0 Å². The van der Waals surface area contributed by atoms with Gasteiger partial charge >= 0.3 is 5.56 Å². The van der Waals surface area contributed by atoms with Crippen molar-refractivity contribution in [3.05, 3.63) is 69.5 Å². The van der Waals surface area contributed by atoms with E-state index in [0.717, 1.165) is 5.69 Å². The van der Waals surface area contributed by atoms with Gasteiger partial charge in [-0.25, -0.2) is 0 Å². The maximum Gasteiger partial charge on any atom is 0.301 e. The Morgan fingerprint density at radius 2 is 2.00 bits per heavy atom. The molecule has 0 radical (unpaired) electrons. The highest BCUT2D eigenvalue weighted by atomic mass is 35.5. The van der Waals surface area contributed by atoms with E-state index in [4.69, 9.17) is 16.0 Å². The molecule has 25 heavy (non-hydrogen) atoms. The van der Waals surface area contributed by atoms with Crippen LogP contribution in [0, 0.1) is 0 Å². The normalized spacial score (nSPS) is 11.4. The number of rotatable bonds is 4. The fourth-order valence-electron chi connectivity index (χ4n) is 2.09. The van der Waals surface area contributed by atoms with Crippen LogP contribution in [0.15, 0.2) is 51.9 Å². The van der Waals surface area contributed by atoms with Crippen molar-refractivity contribution < 1.29 is 4.42 Å². The lowest BCUT2D eigenvalue weighted by Crippen LogP contribution is -2.19. The number of benzene rings is 1. The number of nitrogens with one attached hydrogen (secondary N) is 1. The second-order valence-electron chi connectivity index (χ2n) is 4.97. The van der Waals surface area contributed by atoms with E-state index in [0.29, 0.717) is 20.9 Å². The van der Waals surface area contributed by atoms with Gasteiger partial charge in [0.1, 0.15) is 5.76 Å². The third kappa shape index (κ3) is 3.30. The maximum atomic E-state index is 12.5. The van der Waals surface area contributed by atoms with Crippen molar-refractivity contribution in [2.24, 2.45) is 0 Å². The van der Waals surface area contributed by atoms with Crippen LogP contribution in [0.2, 0.25) is 5.02 Å². The van der Waals surface area contributed by atoms with Crippen LogP contribution >= 0.6 is 22.9 Å². The minimum Gasteiger partial charge on any atom is -0.465 e. The smallest absolute Gasteiger partial charge is 0.301 e. The van der Waals surface area contributed by atoms with Crippen LogP contribution in [0.5, 0.6) is 0 Å². The van der Waals surface area contributed by atoms with Crippen molar-refractivity contribution >= 4 is 50.9 Å². The zero-order chi connectivity index (χ0) is 17.2. The second kappa shape index (κ2) is 6.50. The van der Waals surface area contributed by atoms with E-state index in [1.54, 1.807) is 42.7 Å². The molecule has 7 nitrogen and oxygen atoms in total. The van der Waals surface area contributed by atoms with Crippen molar-refractivity contribution in [1.82, 2.24) is 19.8 Å². The van der Waals surface area contributed by atoms with Gasteiger partial charge in [-0.2, -0.15) is 4.52 Å². The lowest BCUT2D eigenvalue weighted by molar-refractivity contribution is 0.557. The fraction of sp³-hybridized carbons (Fsp3) is 0. The molecule has 0 bridgehead atoms. The Kier molecular flexibility index (Phi) is 4.04. The highest BCUT2D eigenvalue weighted by Gasteiger charge is 2.10. The first-order valence-corrected chi connectivity index (χ1v) is 8.39. The second-order valence-corrected chi connectivity index (χ2v) is 6.37. The highest BCUT2D eigenvalue weighted by Crippen LogP contribution is 2.22. The van der Waals surface area contributed by atoms with Crippen molar-refractivity contribution in [1.29, 1.82) is 0 Å². The topological polar surface area (TPSA) is 85.3 Å². The Bertz CT molecular complexity index is 1100. The molecule has 0 amide bonds. The Balaban J connectivity index is 1.65. The third-order valence-corrected chi connectivity index (χ3v) is 4.33. The van der Waals surface area contributed by atoms with Gasteiger partial charge in [-0.1, -0.05) is 22.9 Å². The van der Waals surface area contributed by atoms with Crippen LogP contribution in [0.1, 0.15) is 11.5 Å². The van der Waals surface area contributed by atoms with Crippen molar-refractivity contribution in [2.75, 3.05) is 5.32 Å². The molecule has 0 saturated heterocycles. The molecule has 124 valence electrons. The van der Waals surface area contributed by atoms with E-state index in [-0.39, 0.29) is 11.3 Å². The van der Waals surface area contributed by atoms with E-state index in [1.807, 2.05) is 12.1 Å². The first kappa shape index (κ1) is 15.6. The molecule has 9 heteroatoms. The first-order valence-electron chi connectivity index (χ1n) is 7.20. The summed E-state index contributed by atoms with van der Waals surface area (Å²) < 4.78 is 6.40. The van der Waals surface area contributed by atoms with Gasteiger partial charge in [0.05, 0.1) is 6.26 Å². The van der Waals surface area contributed by atoms with Gasteiger partial charge in [-0.05, 0) is 48.6 Å². The molecule has 0 spiro atoms. The van der Waals surface area contributed by atoms with E-state index < -0.39 is 0 Å². The zero-order valence-corrected chi connectivity index (χ0v) is 14.2. The summed E-state index contributed by atoms with van der Waals surface area (Å²) in [5.41, 5.74) is 0.632. The number of anilines is 2. The first-order chi connectivity index (χ1) is 12.2. The average Bonchev–Trinajstić information content (AvgIpc) is 3.26. The summed E-state index contributed by atoms with van der Waals surface area (Å²) in [5, 5.41) is 16.5. The van der Waals surface area contributed by atoms with Gasteiger partial charge in [-0.15, -0.1) is 15.3 Å². The largest absolute Gasteiger partial charge is 0.465 e. The summed E-state index contributed by atoms with van der Waals surface area (Å²) in [4.78, 5) is 12.9. The number of hydrogen-bond donors (Lipinski definition) is 1. The molecule has 0 unspecified atom stereocenters. The van der Waals surface area contributed by atoms with Crippen molar-refractivity contribution in [3.63, 3.8) is 0 Å². The predicted octanol–water partition coefficient (Wildman–Crippen LogP) is 3.71. The Morgan fingerprint density at radius 3 is 2.76 bits per heavy atom. The number of nitrogens with zero attached hydrogens (tertiary/aromatic N) is 4. The molecule has 0 atom stereocenters. The van der Waals surface area contributed by atoms with E-state index in [2.05, 4.69) is 20.6 Å². The van der Waals surface area contributed by atoms with Crippen LogP contribution < -0.4 is 10.9 Å². The standard InChI is InChI=1S/C16H10ClN5O2S/c17-10-3-5-11(6-4-10)18-15-21-22-14(23)13(19-20-16(22)25-15)8-7-12-2-1-9-24-12/h1-9H,(H,18,21)/b8-7+. The van der Waals surface area contributed by atoms with E-state index >= 15 is 0 Å². The average molecular weight is 372 g/mol. The lowest BCUT2D eigenvalue weighted by Gasteiger charge is -2.00. The summed E-state index contributed by atoms with van der Waals surface area (Å²) in [7, 11) is 0. The van der Waals surface area contributed by atoms with Gasteiger partial charge in [0, 0.05) is 10.7 Å². The number of furan rings is 1. The van der Waals surface area contributed by atoms with Gasteiger partial charge in [0.25, 0.3) is 0 Å². The predicted molar refractivity (Wildman–Crippen MR) is 97.3 cm³/mol. The number of aromatic nitrogens is 4. The van der Waals surface area contributed by atoms with Crippen molar-refractivity contribution in [2.45, 2.75) is 0 Å². The molecule has 3 heterocycles. The lowest BCUT2D eigenvalue weighted by atomic mass is 10.3. The molecule has 4 aromatic rings. The van der Waals surface area contributed by atoms with Crippen LogP contribution in [0.25, 0.3) is 17.1 Å². The van der Waals surface area contributed by atoms with Gasteiger partial charge < -0.3 is 9.73 Å². The minimum atomic E-state index is -0.354. The van der Waals surface area contributed by atoms with Gasteiger partial charge in [0.2, 0.25) is 10.1 Å².